The van der Waals surface area contributed by atoms with E-state index in [2.05, 4.69) is 61.0 Å². The molecule has 0 aliphatic heterocycles. The molecule has 4 rings (SSSR count). The van der Waals surface area contributed by atoms with Crippen LogP contribution in [0.25, 0.3) is 26.3 Å². The minimum atomic E-state index is 0.564. The molecule has 0 saturated carbocycles. The second-order valence-corrected chi connectivity index (χ2v) is 7.51. The molecule has 0 bridgehead atoms. The van der Waals surface area contributed by atoms with E-state index in [1.165, 1.54) is 27.1 Å². The van der Waals surface area contributed by atoms with E-state index >= 15 is 0 Å². The van der Waals surface area contributed by atoms with Crippen LogP contribution in [-0.4, -0.2) is 19.2 Å². The summed E-state index contributed by atoms with van der Waals surface area (Å²) in [5.74, 6) is 0.564. The molecule has 0 aliphatic rings. The third-order valence-electron chi connectivity index (χ3n) is 4.78. The normalized spacial score (nSPS) is 12.0. The zero-order chi connectivity index (χ0) is 16.8. The molecule has 24 heavy (non-hydrogen) atoms. The van der Waals surface area contributed by atoms with Gasteiger partial charge in [-0.3, -0.25) is 9.08 Å². The van der Waals surface area contributed by atoms with Crippen molar-refractivity contribution in [3.8, 4) is 10.4 Å². The van der Waals surface area contributed by atoms with Crippen molar-refractivity contribution >= 4 is 27.2 Å². The fourth-order valence-corrected chi connectivity index (χ4v) is 4.38. The van der Waals surface area contributed by atoms with Gasteiger partial charge in [0.2, 0.25) is 0 Å². The molecule has 124 valence electrons. The number of aryl methyl sites for hydroxylation is 2. The lowest BCUT2D eigenvalue weighted by Crippen LogP contribution is -1.94. The minimum Gasteiger partial charge on any atom is -0.297 e. The maximum atomic E-state index is 4.85. The summed E-state index contributed by atoms with van der Waals surface area (Å²) in [5.41, 5.74) is 4.76. The van der Waals surface area contributed by atoms with Crippen LogP contribution in [0.15, 0.2) is 30.7 Å². The Morgan fingerprint density at radius 1 is 1.12 bits per heavy atom. The van der Waals surface area contributed by atoms with Gasteiger partial charge in [-0.15, -0.1) is 0 Å². The monoisotopic (exact) mass is 338 g/mol. The van der Waals surface area contributed by atoms with Gasteiger partial charge < -0.3 is 0 Å². The van der Waals surface area contributed by atoms with Crippen molar-refractivity contribution in [3.05, 3.63) is 42.0 Å². The van der Waals surface area contributed by atoms with Crippen LogP contribution in [0, 0.1) is 6.92 Å². The molecule has 0 spiro atoms. The molecule has 4 nitrogen and oxygen atoms in total. The summed E-state index contributed by atoms with van der Waals surface area (Å²) in [6, 6.07) is 4.45. The fraction of sp³-hybridized carbons (Fsp3) is 0.368. The molecule has 3 heterocycles. The molecule has 0 atom stereocenters. The van der Waals surface area contributed by atoms with Crippen LogP contribution in [0.4, 0.5) is 0 Å². The highest BCUT2D eigenvalue weighted by Crippen LogP contribution is 2.33. The van der Waals surface area contributed by atoms with Gasteiger partial charge in [-0.1, -0.05) is 25.2 Å². The number of rotatable bonds is 4. The Kier molecular flexibility index (Phi) is 3.68. The Hall–Kier alpha value is -2.14. The van der Waals surface area contributed by atoms with Gasteiger partial charge in [0.15, 0.2) is 4.96 Å². The van der Waals surface area contributed by atoms with E-state index in [0.717, 1.165) is 23.3 Å². The zero-order valence-electron chi connectivity index (χ0n) is 14.6. The zero-order valence-corrected chi connectivity index (χ0v) is 15.4. The van der Waals surface area contributed by atoms with Crippen LogP contribution in [0.2, 0.25) is 0 Å². The standard InChI is InChI=1S/C19H22N4S/c1-5-13(6-2)16-10-23-11-17(24-19(23)20-16)14-7-12(3)18-15(8-14)9-22(4)21-18/h7-11,13H,5-6H2,1-4H3. The largest absolute Gasteiger partial charge is 0.297 e. The Morgan fingerprint density at radius 3 is 2.62 bits per heavy atom. The molecule has 0 saturated heterocycles. The molecule has 1 aromatic carbocycles. The van der Waals surface area contributed by atoms with E-state index in [4.69, 9.17) is 4.98 Å². The van der Waals surface area contributed by atoms with Crippen molar-refractivity contribution in [2.24, 2.45) is 7.05 Å². The summed E-state index contributed by atoms with van der Waals surface area (Å²) < 4.78 is 4.06. The number of hydrogen-bond acceptors (Lipinski definition) is 3. The maximum Gasteiger partial charge on any atom is 0.194 e. The lowest BCUT2D eigenvalue weighted by Gasteiger charge is -2.07. The predicted octanol–water partition coefficient (Wildman–Crippen LogP) is 5.16. The minimum absolute atomic E-state index is 0.564. The predicted molar refractivity (Wildman–Crippen MR) is 101 cm³/mol. The molecule has 0 amide bonds. The summed E-state index contributed by atoms with van der Waals surface area (Å²) >= 11 is 1.76. The quantitative estimate of drug-likeness (QED) is 0.515. The molecule has 4 aromatic rings. The summed E-state index contributed by atoms with van der Waals surface area (Å²) in [5, 5.41) is 5.72. The molecular weight excluding hydrogens is 316 g/mol. The third kappa shape index (κ3) is 2.44. The molecule has 0 N–H and O–H groups in total. The fourth-order valence-electron chi connectivity index (χ4n) is 3.42. The topological polar surface area (TPSA) is 35.1 Å². The molecule has 0 radical (unpaired) electrons. The molecule has 0 fully saturated rings. The highest BCUT2D eigenvalue weighted by molar-refractivity contribution is 7.20. The van der Waals surface area contributed by atoms with Crippen molar-refractivity contribution < 1.29 is 0 Å². The number of hydrogen-bond donors (Lipinski definition) is 0. The third-order valence-corrected chi connectivity index (χ3v) is 5.82. The average molecular weight is 338 g/mol. The van der Waals surface area contributed by atoms with Gasteiger partial charge in [-0.05, 0) is 43.0 Å². The SMILES string of the molecule is CCC(CC)c1cn2cc(-c3cc(C)c4nn(C)cc4c3)sc2n1. The molecule has 3 aromatic heterocycles. The second-order valence-electron chi connectivity index (χ2n) is 6.50. The van der Waals surface area contributed by atoms with Gasteiger partial charge in [0.25, 0.3) is 0 Å². The first kappa shape index (κ1) is 15.4. The second kappa shape index (κ2) is 5.74. The van der Waals surface area contributed by atoms with Gasteiger partial charge in [0.05, 0.1) is 16.1 Å². The van der Waals surface area contributed by atoms with Crippen LogP contribution in [-0.2, 0) is 7.05 Å². The number of aromatic nitrogens is 4. The van der Waals surface area contributed by atoms with Crippen molar-refractivity contribution in [3.63, 3.8) is 0 Å². The highest BCUT2D eigenvalue weighted by Gasteiger charge is 2.14. The molecule has 5 heteroatoms. The van der Waals surface area contributed by atoms with Crippen molar-refractivity contribution in [1.29, 1.82) is 0 Å². The van der Waals surface area contributed by atoms with Crippen LogP contribution in [0.3, 0.4) is 0 Å². The Labute approximate surface area is 145 Å². The first-order valence-corrected chi connectivity index (χ1v) is 9.33. The lowest BCUT2D eigenvalue weighted by atomic mass is 10.0. The first-order valence-electron chi connectivity index (χ1n) is 8.51. The van der Waals surface area contributed by atoms with Crippen LogP contribution in [0.1, 0.15) is 43.9 Å². The van der Waals surface area contributed by atoms with E-state index in [1.807, 2.05) is 11.7 Å². The number of nitrogens with zero attached hydrogens (tertiary/aromatic N) is 4. The maximum absolute atomic E-state index is 4.85. The van der Waals surface area contributed by atoms with E-state index in [0.29, 0.717) is 5.92 Å². The van der Waals surface area contributed by atoms with Gasteiger partial charge in [-0.25, -0.2) is 4.98 Å². The van der Waals surface area contributed by atoms with Crippen molar-refractivity contribution in [2.75, 3.05) is 0 Å². The number of fused-ring (bicyclic) bond motifs is 2. The smallest absolute Gasteiger partial charge is 0.194 e. The summed E-state index contributed by atoms with van der Waals surface area (Å²) in [6.45, 7) is 6.60. The van der Waals surface area contributed by atoms with Crippen molar-refractivity contribution in [1.82, 2.24) is 19.2 Å². The van der Waals surface area contributed by atoms with Crippen LogP contribution in [0.5, 0.6) is 0 Å². The van der Waals surface area contributed by atoms with Gasteiger partial charge in [0, 0.05) is 36.9 Å². The average Bonchev–Trinajstić information content (AvgIpc) is 3.20. The Morgan fingerprint density at radius 2 is 1.92 bits per heavy atom. The molecular formula is C19H22N4S. The van der Waals surface area contributed by atoms with Crippen molar-refractivity contribution in [2.45, 2.75) is 39.5 Å². The Balaban J connectivity index is 1.78. The molecule has 0 unspecified atom stereocenters. The van der Waals surface area contributed by atoms with Gasteiger partial charge in [-0.2, -0.15) is 5.10 Å². The summed E-state index contributed by atoms with van der Waals surface area (Å²) in [4.78, 5) is 7.19. The number of imidazole rings is 1. The first-order chi connectivity index (χ1) is 11.6. The van der Waals surface area contributed by atoms with E-state index in [-0.39, 0.29) is 0 Å². The Bertz CT molecular complexity index is 985. The summed E-state index contributed by atoms with van der Waals surface area (Å²) in [6.07, 6.45) is 8.77. The van der Waals surface area contributed by atoms with Crippen LogP contribution < -0.4 is 0 Å². The van der Waals surface area contributed by atoms with Gasteiger partial charge in [0.1, 0.15) is 0 Å². The van der Waals surface area contributed by atoms with E-state index in [1.54, 1.807) is 11.3 Å². The molecule has 0 aliphatic carbocycles. The number of thiazole rings is 1. The van der Waals surface area contributed by atoms with E-state index < -0.39 is 0 Å². The lowest BCUT2D eigenvalue weighted by molar-refractivity contribution is 0.627. The van der Waals surface area contributed by atoms with Gasteiger partial charge >= 0.3 is 0 Å². The van der Waals surface area contributed by atoms with Crippen LogP contribution >= 0.6 is 11.3 Å². The highest BCUT2D eigenvalue weighted by atomic mass is 32.1. The van der Waals surface area contributed by atoms with E-state index in [9.17, 15) is 0 Å². The summed E-state index contributed by atoms with van der Waals surface area (Å²) in [7, 11) is 1.97. The number of benzene rings is 1.